The van der Waals surface area contributed by atoms with Gasteiger partial charge in [0.05, 0.1) is 16.8 Å². The Hall–Kier alpha value is -4.41. The Morgan fingerprint density at radius 1 is 0.864 bits per heavy atom. The number of hydrogen-bond donors (Lipinski definition) is 1. The van der Waals surface area contributed by atoms with Crippen molar-refractivity contribution in [2.24, 2.45) is 0 Å². The highest BCUT2D eigenvalue weighted by atomic mass is 19.4. The number of benzene rings is 2. The molecule has 11 heteroatoms. The van der Waals surface area contributed by atoms with Crippen LogP contribution in [-0.2, 0) is 17.5 Å². The number of alkyl halides is 6. The summed E-state index contributed by atoms with van der Waals surface area (Å²) in [5, 5.41) is 2.83. The maximum atomic E-state index is 13.6. The summed E-state index contributed by atoms with van der Waals surface area (Å²) in [4.78, 5) is 18.8. The third-order valence-electron chi connectivity index (χ3n) is 7.61. The zero-order chi connectivity index (χ0) is 32.2. The first kappa shape index (κ1) is 32.5. The fraction of sp³-hybridized carbons (Fsp3) is 0.303. The number of hydrogen-bond acceptors (Lipinski definition) is 4. The minimum Gasteiger partial charge on any atom is -0.368 e. The van der Waals surface area contributed by atoms with Gasteiger partial charge in [-0.05, 0) is 73.0 Å². The van der Waals surface area contributed by atoms with E-state index in [9.17, 15) is 31.1 Å². The van der Waals surface area contributed by atoms with E-state index in [-0.39, 0.29) is 17.9 Å². The van der Waals surface area contributed by atoms with Crippen molar-refractivity contribution < 1.29 is 31.1 Å². The Bertz CT molecular complexity index is 1480. The van der Waals surface area contributed by atoms with Crippen molar-refractivity contribution in [3.8, 4) is 0 Å². The third-order valence-corrected chi connectivity index (χ3v) is 7.61. The smallest absolute Gasteiger partial charge is 0.368 e. The molecule has 0 bridgehead atoms. The Labute approximate surface area is 253 Å². The van der Waals surface area contributed by atoms with E-state index in [1.54, 1.807) is 13.8 Å². The van der Waals surface area contributed by atoms with Crippen LogP contribution in [-0.4, -0.2) is 43.2 Å². The number of carbonyl (C=O) groups is 1. The van der Waals surface area contributed by atoms with Gasteiger partial charge in [0.1, 0.15) is 5.70 Å². The van der Waals surface area contributed by atoms with E-state index in [0.29, 0.717) is 43.7 Å². The normalized spacial score (nSPS) is 16.5. The van der Waals surface area contributed by atoms with Crippen molar-refractivity contribution in [2.45, 2.75) is 39.2 Å². The SMILES string of the molecule is C=C(C)/C(CC)=C(/C(=O)NCc1ccc(N2CCN(c3ccc(C(F)(F)F)cc3)CC2)cc1)N1C=CC=C(C(F)(F)F)C1=C. The summed E-state index contributed by atoms with van der Waals surface area (Å²) in [6, 6.07) is 12.7. The Morgan fingerprint density at radius 3 is 1.84 bits per heavy atom. The van der Waals surface area contributed by atoms with Crippen LogP contribution < -0.4 is 15.1 Å². The van der Waals surface area contributed by atoms with E-state index in [1.165, 1.54) is 29.3 Å². The molecular weight excluding hydrogens is 582 g/mol. The maximum absolute atomic E-state index is 13.6. The average molecular weight is 617 g/mol. The van der Waals surface area contributed by atoms with E-state index in [4.69, 9.17) is 0 Å². The van der Waals surface area contributed by atoms with Crippen LogP contribution in [0.25, 0.3) is 0 Å². The summed E-state index contributed by atoms with van der Waals surface area (Å²) in [7, 11) is 0. The minimum atomic E-state index is -4.63. The van der Waals surface area contributed by atoms with Gasteiger partial charge in [-0.25, -0.2) is 0 Å². The largest absolute Gasteiger partial charge is 0.418 e. The van der Waals surface area contributed by atoms with Crippen LogP contribution in [0.1, 0.15) is 31.4 Å². The summed E-state index contributed by atoms with van der Waals surface area (Å²) in [5.74, 6) is -0.553. The van der Waals surface area contributed by atoms with Gasteiger partial charge in [-0.2, -0.15) is 26.3 Å². The number of nitrogens with one attached hydrogen (secondary N) is 1. The molecule has 4 rings (SSSR count). The number of rotatable bonds is 8. The van der Waals surface area contributed by atoms with E-state index in [2.05, 4.69) is 23.4 Å². The van der Waals surface area contributed by atoms with Gasteiger partial charge in [0.2, 0.25) is 0 Å². The van der Waals surface area contributed by atoms with Gasteiger partial charge >= 0.3 is 12.4 Å². The predicted molar refractivity (Wildman–Crippen MR) is 161 cm³/mol. The molecule has 0 aliphatic carbocycles. The molecule has 0 spiro atoms. The fourth-order valence-corrected chi connectivity index (χ4v) is 5.25. The van der Waals surface area contributed by atoms with E-state index < -0.39 is 29.4 Å². The number of amides is 1. The first-order chi connectivity index (χ1) is 20.7. The minimum absolute atomic E-state index is 0.0404. The molecule has 2 aliphatic heterocycles. The van der Waals surface area contributed by atoms with Crippen LogP contribution >= 0.6 is 0 Å². The van der Waals surface area contributed by atoms with Gasteiger partial charge < -0.3 is 20.0 Å². The van der Waals surface area contributed by atoms with Gasteiger partial charge in [0, 0.05) is 50.3 Å². The highest BCUT2D eigenvalue weighted by Gasteiger charge is 2.39. The molecule has 0 aromatic heterocycles. The molecule has 2 aromatic rings. The molecule has 2 heterocycles. The molecule has 5 nitrogen and oxygen atoms in total. The molecule has 0 unspecified atom stereocenters. The van der Waals surface area contributed by atoms with Gasteiger partial charge in [0.15, 0.2) is 0 Å². The van der Waals surface area contributed by atoms with Crippen molar-refractivity contribution in [1.29, 1.82) is 0 Å². The second-order valence-electron chi connectivity index (χ2n) is 10.6. The standard InChI is InChI=1S/C33H34F6N4O/c1-5-28(22(2)3)30(43-16-6-7-29(23(43)4)33(37,38)39)31(44)40-21-24-8-12-26(13-9-24)41-17-19-42(20-18-41)27-14-10-25(11-15-27)32(34,35)36/h6-16H,2,4-5,17-21H2,1,3H3,(H,40,44)/b30-28-. The van der Waals surface area contributed by atoms with Crippen molar-refractivity contribution in [3.05, 3.63) is 119 Å². The first-order valence-electron chi connectivity index (χ1n) is 14.1. The number of piperazine rings is 1. The number of allylic oxidation sites excluding steroid dienone is 5. The summed E-state index contributed by atoms with van der Waals surface area (Å²) in [6.45, 7) is 13.8. The second-order valence-corrected chi connectivity index (χ2v) is 10.6. The number of anilines is 2. The third kappa shape index (κ3) is 7.38. The van der Waals surface area contributed by atoms with Crippen LogP contribution in [0.5, 0.6) is 0 Å². The molecule has 2 aliphatic rings. The van der Waals surface area contributed by atoms with Crippen LogP contribution in [0.4, 0.5) is 37.7 Å². The monoisotopic (exact) mass is 616 g/mol. The Kier molecular flexibility index (Phi) is 9.66. The number of nitrogens with zero attached hydrogens (tertiary/aromatic N) is 3. The lowest BCUT2D eigenvalue weighted by Crippen LogP contribution is -2.46. The van der Waals surface area contributed by atoms with E-state index in [1.807, 2.05) is 29.2 Å². The van der Waals surface area contributed by atoms with Crippen molar-refractivity contribution >= 4 is 17.3 Å². The molecule has 44 heavy (non-hydrogen) atoms. The highest BCUT2D eigenvalue weighted by molar-refractivity contribution is 5.95. The van der Waals surface area contributed by atoms with Crippen molar-refractivity contribution in [3.63, 3.8) is 0 Å². The Morgan fingerprint density at radius 2 is 1.39 bits per heavy atom. The molecule has 1 saturated heterocycles. The van der Waals surface area contributed by atoms with Gasteiger partial charge in [-0.3, -0.25) is 4.79 Å². The van der Waals surface area contributed by atoms with Crippen LogP contribution in [0.2, 0.25) is 0 Å². The highest BCUT2D eigenvalue weighted by Crippen LogP contribution is 2.37. The molecule has 0 radical (unpaired) electrons. The molecule has 234 valence electrons. The molecule has 0 atom stereocenters. The lowest BCUT2D eigenvalue weighted by molar-refractivity contribution is -0.137. The molecule has 0 saturated carbocycles. The van der Waals surface area contributed by atoms with Gasteiger partial charge in [-0.1, -0.05) is 37.8 Å². The van der Waals surface area contributed by atoms with Crippen LogP contribution in [0.3, 0.4) is 0 Å². The quantitative estimate of drug-likeness (QED) is 0.187. The summed E-state index contributed by atoms with van der Waals surface area (Å²) in [6.07, 6.45) is -5.07. The predicted octanol–water partition coefficient (Wildman–Crippen LogP) is 7.72. The summed E-state index contributed by atoms with van der Waals surface area (Å²) >= 11 is 0. The molecule has 2 aromatic carbocycles. The van der Waals surface area contributed by atoms with Crippen LogP contribution in [0.15, 0.2) is 108 Å². The zero-order valence-electron chi connectivity index (χ0n) is 24.5. The topological polar surface area (TPSA) is 38.8 Å². The molecule has 1 fully saturated rings. The Balaban J connectivity index is 1.39. The number of carbonyl (C=O) groups excluding carboxylic acids is 1. The maximum Gasteiger partial charge on any atom is 0.418 e. The molecule has 1 amide bonds. The molecule has 1 N–H and O–H groups in total. The lowest BCUT2D eigenvalue weighted by atomic mass is 10.00. The van der Waals surface area contributed by atoms with Crippen molar-refractivity contribution in [1.82, 2.24) is 10.2 Å². The van der Waals surface area contributed by atoms with E-state index in [0.717, 1.165) is 35.1 Å². The van der Waals surface area contributed by atoms with Gasteiger partial charge in [0.25, 0.3) is 5.91 Å². The first-order valence-corrected chi connectivity index (χ1v) is 14.1. The number of halogens is 6. The average Bonchev–Trinajstić information content (AvgIpc) is 2.98. The van der Waals surface area contributed by atoms with Gasteiger partial charge in [-0.15, -0.1) is 0 Å². The zero-order valence-corrected chi connectivity index (χ0v) is 24.5. The van der Waals surface area contributed by atoms with Crippen molar-refractivity contribution in [2.75, 3.05) is 36.0 Å². The summed E-state index contributed by atoms with van der Waals surface area (Å²) in [5.41, 5.74) is 1.66. The van der Waals surface area contributed by atoms with Crippen LogP contribution in [0, 0.1) is 0 Å². The summed E-state index contributed by atoms with van der Waals surface area (Å²) < 4.78 is 79.4. The van der Waals surface area contributed by atoms with E-state index >= 15 is 0 Å². The molecular formula is C33H34F6N4O. The second kappa shape index (κ2) is 13.1. The fourth-order valence-electron chi connectivity index (χ4n) is 5.25. The lowest BCUT2D eigenvalue weighted by Gasteiger charge is -2.37.